The molecule has 0 amide bonds. The fraction of sp³-hybridized carbons (Fsp3) is 0.400. The Balaban J connectivity index is 1.14. The van der Waals surface area contributed by atoms with Gasteiger partial charge in [-0.2, -0.15) is 0 Å². The quantitative estimate of drug-likeness (QED) is 0.370. The summed E-state index contributed by atoms with van der Waals surface area (Å²) in [6.45, 7) is 6.06. The molecule has 2 saturated heterocycles. The van der Waals surface area contributed by atoms with Crippen LogP contribution in [0.4, 0.5) is 11.8 Å². The Kier molecular flexibility index (Phi) is 7.67. The Labute approximate surface area is 229 Å². The van der Waals surface area contributed by atoms with Gasteiger partial charge in [-0.15, -0.1) is 0 Å². The molecule has 1 N–H and O–H groups in total. The first-order valence-corrected chi connectivity index (χ1v) is 13.8. The molecule has 2 aliphatic heterocycles. The SMILES string of the molecule is COc1cc2ncnc(N3CCN(c4ncc(Cc5ccccc5)cn4)CC3)c2cc1OCC1CCNCC1. The number of rotatable bonds is 8. The van der Waals surface area contributed by atoms with Crippen LogP contribution in [0.15, 0.2) is 61.2 Å². The van der Waals surface area contributed by atoms with Crippen molar-refractivity contribution in [1.82, 2.24) is 25.3 Å². The molecule has 2 aromatic heterocycles. The summed E-state index contributed by atoms with van der Waals surface area (Å²) in [4.78, 5) is 23.1. The molecule has 4 heterocycles. The Bertz CT molecular complexity index is 1370. The monoisotopic (exact) mass is 525 g/mol. The van der Waals surface area contributed by atoms with Crippen LogP contribution in [0.2, 0.25) is 0 Å². The minimum absolute atomic E-state index is 0.556. The highest BCUT2D eigenvalue weighted by molar-refractivity contribution is 5.92. The highest BCUT2D eigenvalue weighted by Crippen LogP contribution is 2.36. The summed E-state index contributed by atoms with van der Waals surface area (Å²) >= 11 is 0. The van der Waals surface area contributed by atoms with Gasteiger partial charge in [-0.3, -0.25) is 0 Å². The first-order chi connectivity index (χ1) is 19.3. The molecular formula is C30H35N7O2. The minimum Gasteiger partial charge on any atom is -0.493 e. The molecule has 2 aromatic carbocycles. The molecule has 4 aromatic rings. The second kappa shape index (κ2) is 11.8. The average molecular weight is 526 g/mol. The van der Waals surface area contributed by atoms with Crippen molar-refractivity contribution in [3.63, 3.8) is 0 Å². The Morgan fingerprint density at radius 3 is 2.33 bits per heavy atom. The van der Waals surface area contributed by atoms with Crippen LogP contribution < -0.4 is 24.6 Å². The lowest BCUT2D eigenvalue weighted by molar-refractivity contribution is 0.208. The molecule has 6 rings (SSSR count). The van der Waals surface area contributed by atoms with Crippen molar-refractivity contribution < 1.29 is 9.47 Å². The topological polar surface area (TPSA) is 88.5 Å². The number of hydrogen-bond donors (Lipinski definition) is 1. The zero-order chi connectivity index (χ0) is 26.4. The van der Waals surface area contributed by atoms with Crippen molar-refractivity contribution >= 4 is 22.7 Å². The first kappa shape index (κ1) is 25.3. The number of hydrogen-bond acceptors (Lipinski definition) is 9. The van der Waals surface area contributed by atoms with Gasteiger partial charge in [0.25, 0.3) is 0 Å². The van der Waals surface area contributed by atoms with Crippen LogP contribution in [0.3, 0.4) is 0 Å². The molecule has 9 heteroatoms. The van der Waals surface area contributed by atoms with E-state index in [1.807, 2.05) is 30.6 Å². The number of nitrogens with one attached hydrogen (secondary N) is 1. The lowest BCUT2D eigenvalue weighted by atomic mass is 9.99. The largest absolute Gasteiger partial charge is 0.493 e. The molecule has 9 nitrogen and oxygen atoms in total. The highest BCUT2D eigenvalue weighted by Gasteiger charge is 2.23. The molecule has 0 saturated carbocycles. The van der Waals surface area contributed by atoms with E-state index in [1.165, 1.54) is 5.56 Å². The summed E-state index contributed by atoms with van der Waals surface area (Å²) in [5, 5.41) is 4.39. The number of piperidine rings is 1. The second-order valence-corrected chi connectivity index (χ2v) is 10.2. The average Bonchev–Trinajstić information content (AvgIpc) is 3.01. The summed E-state index contributed by atoms with van der Waals surface area (Å²) in [7, 11) is 1.68. The van der Waals surface area contributed by atoms with E-state index in [-0.39, 0.29) is 0 Å². The lowest BCUT2D eigenvalue weighted by Crippen LogP contribution is -2.47. The van der Waals surface area contributed by atoms with Gasteiger partial charge < -0.3 is 24.6 Å². The van der Waals surface area contributed by atoms with Gasteiger partial charge in [-0.25, -0.2) is 19.9 Å². The normalized spacial score (nSPS) is 16.4. The van der Waals surface area contributed by atoms with Crippen molar-refractivity contribution in [2.75, 3.05) is 62.8 Å². The fourth-order valence-corrected chi connectivity index (χ4v) is 5.38. The van der Waals surface area contributed by atoms with Crippen molar-refractivity contribution in [3.05, 3.63) is 72.3 Å². The zero-order valence-electron chi connectivity index (χ0n) is 22.4. The number of piperazine rings is 1. The van der Waals surface area contributed by atoms with Crippen molar-refractivity contribution in [3.8, 4) is 11.5 Å². The third kappa shape index (κ3) is 5.88. The van der Waals surface area contributed by atoms with E-state index in [4.69, 9.17) is 9.47 Å². The summed E-state index contributed by atoms with van der Waals surface area (Å²) < 4.78 is 11.9. The Morgan fingerprint density at radius 2 is 1.59 bits per heavy atom. The Morgan fingerprint density at radius 1 is 0.846 bits per heavy atom. The maximum Gasteiger partial charge on any atom is 0.225 e. The van der Waals surface area contributed by atoms with E-state index >= 15 is 0 Å². The molecule has 0 spiro atoms. The van der Waals surface area contributed by atoms with Crippen LogP contribution in [-0.2, 0) is 6.42 Å². The maximum absolute atomic E-state index is 6.29. The van der Waals surface area contributed by atoms with Crippen LogP contribution in [0.5, 0.6) is 11.5 Å². The van der Waals surface area contributed by atoms with Crippen LogP contribution in [0.25, 0.3) is 10.9 Å². The second-order valence-electron chi connectivity index (χ2n) is 10.2. The number of benzene rings is 2. The predicted octanol–water partition coefficient (Wildman–Crippen LogP) is 3.72. The van der Waals surface area contributed by atoms with Gasteiger partial charge >= 0.3 is 0 Å². The lowest BCUT2D eigenvalue weighted by Gasteiger charge is -2.35. The van der Waals surface area contributed by atoms with E-state index in [9.17, 15) is 0 Å². The number of aromatic nitrogens is 4. The summed E-state index contributed by atoms with van der Waals surface area (Å²) in [6.07, 6.45) is 8.62. The first-order valence-electron chi connectivity index (χ1n) is 13.8. The highest BCUT2D eigenvalue weighted by atomic mass is 16.5. The van der Waals surface area contributed by atoms with Gasteiger partial charge in [0.1, 0.15) is 12.1 Å². The van der Waals surface area contributed by atoms with E-state index in [2.05, 4.69) is 59.3 Å². The minimum atomic E-state index is 0.556. The van der Waals surface area contributed by atoms with Crippen LogP contribution in [0, 0.1) is 5.92 Å². The predicted molar refractivity (Wildman–Crippen MR) is 153 cm³/mol. The van der Waals surface area contributed by atoms with E-state index in [0.29, 0.717) is 18.3 Å². The van der Waals surface area contributed by atoms with Crippen LogP contribution in [-0.4, -0.2) is 72.9 Å². The number of methoxy groups -OCH3 is 1. The van der Waals surface area contributed by atoms with E-state index in [1.54, 1.807) is 13.4 Å². The smallest absolute Gasteiger partial charge is 0.225 e. The molecule has 2 fully saturated rings. The molecular weight excluding hydrogens is 490 g/mol. The summed E-state index contributed by atoms with van der Waals surface area (Å²) in [5.41, 5.74) is 3.23. The molecule has 0 bridgehead atoms. The molecule has 202 valence electrons. The van der Waals surface area contributed by atoms with Crippen molar-refractivity contribution in [2.24, 2.45) is 5.92 Å². The standard InChI is InChI=1S/C30H35N7O2/c1-38-27-17-26-25(16-28(27)39-20-23-7-9-31-10-8-23)29(35-21-34-26)36-11-13-37(14-12-36)30-32-18-24(19-33-30)15-22-5-3-2-4-6-22/h2-6,16-19,21,23,31H,7-15,20H2,1H3. The molecule has 39 heavy (non-hydrogen) atoms. The maximum atomic E-state index is 6.29. The van der Waals surface area contributed by atoms with Gasteiger partial charge in [0.15, 0.2) is 11.5 Å². The molecule has 0 aliphatic carbocycles. The van der Waals surface area contributed by atoms with Gasteiger partial charge in [-0.1, -0.05) is 30.3 Å². The van der Waals surface area contributed by atoms with E-state index in [0.717, 1.165) is 92.5 Å². The number of anilines is 2. The van der Waals surface area contributed by atoms with Gasteiger partial charge in [0, 0.05) is 56.4 Å². The van der Waals surface area contributed by atoms with Gasteiger partial charge in [-0.05, 0) is 49.0 Å². The van der Waals surface area contributed by atoms with Crippen LogP contribution in [0.1, 0.15) is 24.0 Å². The number of fused-ring (bicyclic) bond motifs is 1. The molecule has 0 unspecified atom stereocenters. The summed E-state index contributed by atoms with van der Waals surface area (Å²) in [5.74, 6) is 3.72. The molecule has 2 aliphatic rings. The van der Waals surface area contributed by atoms with Gasteiger partial charge in [0.05, 0.1) is 19.2 Å². The third-order valence-corrected chi connectivity index (χ3v) is 7.64. The van der Waals surface area contributed by atoms with Crippen molar-refractivity contribution in [1.29, 1.82) is 0 Å². The summed E-state index contributed by atoms with van der Waals surface area (Å²) in [6, 6.07) is 14.4. The number of nitrogens with zero attached hydrogens (tertiary/aromatic N) is 6. The molecule has 0 atom stereocenters. The third-order valence-electron chi connectivity index (χ3n) is 7.64. The Hall–Kier alpha value is -3.98. The fourth-order valence-electron chi connectivity index (χ4n) is 5.38. The van der Waals surface area contributed by atoms with Crippen molar-refractivity contribution in [2.45, 2.75) is 19.3 Å². The molecule has 0 radical (unpaired) electrons. The van der Waals surface area contributed by atoms with Crippen LogP contribution >= 0.6 is 0 Å². The van der Waals surface area contributed by atoms with E-state index < -0.39 is 0 Å². The zero-order valence-corrected chi connectivity index (χ0v) is 22.4. The van der Waals surface area contributed by atoms with Gasteiger partial charge in [0.2, 0.25) is 5.95 Å². The number of ether oxygens (including phenoxy) is 2.